The van der Waals surface area contributed by atoms with E-state index >= 15 is 4.39 Å². The molecule has 2 aromatic rings. The molecule has 13 heteroatoms. The van der Waals surface area contributed by atoms with Crippen molar-refractivity contribution in [1.82, 2.24) is 15.2 Å². The topological polar surface area (TPSA) is 125 Å². The molecular weight excluding hydrogens is 567 g/mol. The number of carbonyl (C=O) groups excluding carboxylic acids is 3. The fourth-order valence-corrected chi connectivity index (χ4v) is 6.09. The van der Waals surface area contributed by atoms with Gasteiger partial charge in [0.05, 0.1) is 30.5 Å². The van der Waals surface area contributed by atoms with E-state index in [4.69, 9.17) is 9.47 Å². The van der Waals surface area contributed by atoms with Crippen molar-refractivity contribution in [2.45, 2.75) is 50.2 Å². The lowest BCUT2D eigenvalue weighted by atomic mass is 9.95. The third kappa shape index (κ3) is 5.13. The van der Waals surface area contributed by atoms with E-state index in [1.165, 1.54) is 23.2 Å². The molecule has 4 fully saturated rings. The Balaban J connectivity index is 1.08. The number of fused-ring (bicyclic) bond motifs is 1. The summed E-state index contributed by atoms with van der Waals surface area (Å²) in [5, 5.41) is 12.4. The minimum absolute atomic E-state index is 0.0130. The highest BCUT2D eigenvalue weighted by Crippen LogP contribution is 2.63. The van der Waals surface area contributed by atoms with Gasteiger partial charge >= 0.3 is 12.2 Å². The maximum atomic E-state index is 15.2. The van der Waals surface area contributed by atoms with Gasteiger partial charge in [0, 0.05) is 48.7 Å². The Kier molecular flexibility index (Phi) is 6.59. The Morgan fingerprint density at radius 1 is 1.19 bits per heavy atom. The Morgan fingerprint density at radius 2 is 1.88 bits per heavy atom. The Hall–Kier alpha value is -4.34. The largest absolute Gasteiger partial charge is 0.444 e. The van der Waals surface area contributed by atoms with E-state index in [-0.39, 0.29) is 36.2 Å². The lowest BCUT2D eigenvalue weighted by molar-refractivity contribution is -0.124. The van der Waals surface area contributed by atoms with Crippen LogP contribution in [-0.4, -0.2) is 71.8 Å². The van der Waals surface area contributed by atoms with E-state index in [9.17, 15) is 28.4 Å². The maximum Gasteiger partial charge on any atom is 0.414 e. The highest BCUT2D eigenvalue weighted by Gasteiger charge is 2.71. The molecule has 1 aromatic heterocycles. The summed E-state index contributed by atoms with van der Waals surface area (Å²) in [6.45, 7) is 6.08. The van der Waals surface area contributed by atoms with Gasteiger partial charge in [-0.1, -0.05) is 6.07 Å². The van der Waals surface area contributed by atoms with Crippen LogP contribution < -0.4 is 10.2 Å². The second kappa shape index (κ2) is 9.86. The van der Waals surface area contributed by atoms with Crippen molar-refractivity contribution in [2.24, 2.45) is 17.8 Å². The molecule has 3 amide bonds. The molecule has 1 unspecified atom stereocenters. The highest BCUT2D eigenvalue weighted by molar-refractivity contribution is 5.90. The molecule has 3 heterocycles. The number of alkyl halides is 2. The van der Waals surface area contributed by atoms with Gasteiger partial charge in [0.25, 0.3) is 5.92 Å². The SMILES string of the molecule is CC(C)(C)OC(=O)N1C[C@@H]2[C@H](C1)[C@@]2(C#N)c1ccc(-c2ccc(N3C[C@H](CNC(=O)C4CC4(F)F)OC3=O)cc2F)cn1. The van der Waals surface area contributed by atoms with Crippen molar-refractivity contribution in [3.05, 3.63) is 48.0 Å². The lowest BCUT2D eigenvalue weighted by Gasteiger charge is -2.27. The van der Waals surface area contributed by atoms with Crippen LogP contribution in [0.15, 0.2) is 36.5 Å². The number of halogens is 3. The van der Waals surface area contributed by atoms with E-state index in [1.54, 1.807) is 43.9 Å². The third-order valence-corrected chi connectivity index (χ3v) is 8.50. The number of ether oxygens (including phenoxy) is 2. The number of amides is 3. The number of anilines is 1. The number of benzene rings is 1. The summed E-state index contributed by atoms with van der Waals surface area (Å²) in [6, 6.07) is 10.0. The minimum atomic E-state index is -2.99. The van der Waals surface area contributed by atoms with Crippen molar-refractivity contribution in [2.75, 3.05) is 31.1 Å². The Morgan fingerprint density at radius 3 is 2.44 bits per heavy atom. The first kappa shape index (κ1) is 28.8. The molecule has 0 spiro atoms. The van der Waals surface area contributed by atoms with Gasteiger partial charge in [-0.15, -0.1) is 0 Å². The number of aromatic nitrogens is 1. The summed E-state index contributed by atoms with van der Waals surface area (Å²) in [5.74, 6) is -5.87. The van der Waals surface area contributed by atoms with Crippen LogP contribution in [0.1, 0.15) is 32.9 Å². The zero-order valence-corrected chi connectivity index (χ0v) is 23.8. The number of nitriles is 1. The minimum Gasteiger partial charge on any atom is -0.444 e. The van der Waals surface area contributed by atoms with Gasteiger partial charge < -0.3 is 19.7 Å². The molecule has 6 rings (SSSR count). The third-order valence-electron chi connectivity index (χ3n) is 8.50. The Labute approximate surface area is 245 Å². The van der Waals surface area contributed by atoms with E-state index in [0.717, 1.165) is 0 Å². The van der Waals surface area contributed by atoms with Crippen molar-refractivity contribution >= 4 is 23.8 Å². The summed E-state index contributed by atoms with van der Waals surface area (Å²) in [7, 11) is 0. The average molecular weight is 598 g/mol. The summed E-state index contributed by atoms with van der Waals surface area (Å²) in [6.07, 6.45) is -0.906. The molecule has 2 saturated carbocycles. The number of carbonyl (C=O) groups is 3. The van der Waals surface area contributed by atoms with Gasteiger partial charge in [0.1, 0.15) is 28.9 Å². The van der Waals surface area contributed by atoms with Gasteiger partial charge in [-0.3, -0.25) is 14.7 Å². The lowest BCUT2D eigenvalue weighted by Crippen LogP contribution is -2.39. The van der Waals surface area contributed by atoms with Crippen molar-refractivity contribution in [1.29, 1.82) is 5.26 Å². The van der Waals surface area contributed by atoms with Crippen LogP contribution in [0.5, 0.6) is 0 Å². The second-order valence-electron chi connectivity index (χ2n) is 12.6. The van der Waals surface area contributed by atoms with Crippen LogP contribution in [0.25, 0.3) is 11.1 Å². The van der Waals surface area contributed by atoms with Crippen molar-refractivity contribution in [3.8, 4) is 17.2 Å². The summed E-state index contributed by atoms with van der Waals surface area (Å²) < 4.78 is 52.1. The van der Waals surface area contributed by atoms with Gasteiger partial charge in [0.2, 0.25) is 5.91 Å². The van der Waals surface area contributed by atoms with Crippen LogP contribution in [0.3, 0.4) is 0 Å². The predicted octanol–water partition coefficient (Wildman–Crippen LogP) is 4.24. The number of piperidine rings is 1. The smallest absolute Gasteiger partial charge is 0.414 e. The molecule has 5 atom stereocenters. The number of nitrogens with zero attached hydrogens (tertiary/aromatic N) is 4. The number of pyridine rings is 1. The molecule has 2 saturated heterocycles. The number of rotatable bonds is 6. The second-order valence-corrected chi connectivity index (χ2v) is 12.6. The quantitative estimate of drug-likeness (QED) is 0.528. The van der Waals surface area contributed by atoms with E-state index in [1.807, 2.05) is 0 Å². The summed E-state index contributed by atoms with van der Waals surface area (Å²) in [5.41, 5.74) is 0.0945. The standard InChI is InChI=1S/C30H30F3N5O5/c1-28(2,3)43-26(40)37-13-21-22(14-37)29(21,15-34)24-7-4-16(10-35-24)19-6-5-17(8-23(19)31)38-12-18(42-27(38)41)11-36-25(39)20-9-30(20,32)33/h4-8,10,18,20-22H,9,11-14H2,1-3H3,(H,36,39)/t18-,20?,21-,22+,29+/m0/s1. The average Bonchev–Trinajstić information content (AvgIpc) is 3.57. The van der Waals surface area contributed by atoms with Gasteiger partial charge in [-0.05, 0) is 45.0 Å². The first-order chi connectivity index (χ1) is 20.2. The number of hydrogen-bond acceptors (Lipinski definition) is 7. The van der Waals surface area contributed by atoms with Gasteiger partial charge in [-0.2, -0.15) is 5.26 Å². The molecule has 226 valence electrons. The number of nitrogens with one attached hydrogen (secondary N) is 1. The molecule has 43 heavy (non-hydrogen) atoms. The van der Waals surface area contributed by atoms with Gasteiger partial charge in [-0.25, -0.2) is 22.8 Å². The monoisotopic (exact) mass is 597 g/mol. The molecule has 2 aliphatic carbocycles. The van der Waals surface area contributed by atoms with Crippen LogP contribution in [0.2, 0.25) is 0 Å². The normalized spacial score (nSPS) is 28.5. The molecule has 1 N–H and O–H groups in total. The summed E-state index contributed by atoms with van der Waals surface area (Å²) in [4.78, 5) is 44.0. The zero-order chi connectivity index (χ0) is 30.9. The van der Waals surface area contributed by atoms with E-state index in [0.29, 0.717) is 24.3 Å². The predicted molar refractivity (Wildman–Crippen MR) is 145 cm³/mol. The van der Waals surface area contributed by atoms with Crippen LogP contribution >= 0.6 is 0 Å². The number of likely N-dealkylation sites (tertiary alicyclic amines) is 1. The first-order valence-corrected chi connectivity index (χ1v) is 14.0. The molecule has 0 bridgehead atoms. The van der Waals surface area contributed by atoms with E-state index in [2.05, 4.69) is 16.4 Å². The van der Waals surface area contributed by atoms with Crippen molar-refractivity contribution < 1.29 is 37.0 Å². The van der Waals surface area contributed by atoms with Crippen LogP contribution in [-0.2, 0) is 19.7 Å². The number of hydrogen-bond donors (Lipinski definition) is 1. The molecule has 10 nitrogen and oxygen atoms in total. The zero-order valence-electron chi connectivity index (χ0n) is 23.8. The molecule has 0 radical (unpaired) electrons. The fraction of sp³-hybridized carbons (Fsp3) is 0.500. The van der Waals surface area contributed by atoms with Gasteiger partial charge in [0.15, 0.2) is 0 Å². The van der Waals surface area contributed by atoms with Crippen LogP contribution in [0.4, 0.5) is 28.4 Å². The summed E-state index contributed by atoms with van der Waals surface area (Å²) >= 11 is 0. The first-order valence-electron chi connectivity index (χ1n) is 14.0. The highest BCUT2D eigenvalue weighted by atomic mass is 19.3. The molecule has 1 aromatic carbocycles. The maximum absolute atomic E-state index is 15.2. The number of cyclic esters (lactones) is 1. The van der Waals surface area contributed by atoms with Crippen molar-refractivity contribution in [3.63, 3.8) is 0 Å². The Bertz CT molecular complexity index is 1520. The van der Waals surface area contributed by atoms with E-state index < -0.39 is 59.3 Å². The molecule has 2 aliphatic heterocycles. The molecule has 4 aliphatic rings. The van der Waals surface area contributed by atoms with Crippen LogP contribution in [0, 0.1) is 34.9 Å². The molecular formula is C30H30F3N5O5. The fourth-order valence-electron chi connectivity index (χ4n) is 6.09.